The molecule has 0 radical (unpaired) electrons. The lowest BCUT2D eigenvalue weighted by molar-refractivity contribution is 0.669. The molecule has 0 fully saturated rings. The van der Waals surface area contributed by atoms with E-state index in [1.165, 1.54) is 32.6 Å². The van der Waals surface area contributed by atoms with Crippen LogP contribution in [0.5, 0.6) is 0 Å². The van der Waals surface area contributed by atoms with Crippen molar-refractivity contribution in [3.63, 3.8) is 0 Å². The molecule has 0 spiro atoms. The van der Waals surface area contributed by atoms with E-state index in [0.29, 0.717) is 0 Å². The number of hydrogen-bond donors (Lipinski definition) is 0. The van der Waals surface area contributed by atoms with Gasteiger partial charge in [0.1, 0.15) is 11.2 Å². The molecule has 0 aliphatic rings. The largest absolute Gasteiger partial charge is 0.456 e. The third-order valence-electron chi connectivity index (χ3n) is 11.6. The zero-order valence-electron chi connectivity index (χ0n) is 30.8. The SMILES string of the molecule is c1ccc(-c2cccnc2-c2ccccc2-n2c3ccccc3c3cc(-c4ccc5oc6ccc(-n7c8ccccc8c8ccccc87)cc6c5c4)ccc32)cc1. The number of pyridine rings is 1. The Morgan fingerprint density at radius 1 is 0.351 bits per heavy atom. The first kappa shape index (κ1) is 31.6. The summed E-state index contributed by atoms with van der Waals surface area (Å²) in [6.07, 6.45) is 1.89. The van der Waals surface area contributed by atoms with Gasteiger partial charge in [-0.25, -0.2) is 0 Å². The monoisotopic (exact) mass is 727 g/mol. The van der Waals surface area contributed by atoms with Gasteiger partial charge in [0.15, 0.2) is 0 Å². The van der Waals surface area contributed by atoms with Crippen LogP contribution in [-0.2, 0) is 0 Å². The smallest absolute Gasteiger partial charge is 0.135 e. The topological polar surface area (TPSA) is 35.9 Å². The number of hydrogen-bond acceptors (Lipinski definition) is 2. The Bertz CT molecular complexity index is 3480. The van der Waals surface area contributed by atoms with Crippen LogP contribution in [0.2, 0.25) is 0 Å². The Hall–Kier alpha value is -7.69. The predicted octanol–water partition coefficient (Wildman–Crippen LogP) is 14.2. The molecular weight excluding hydrogens is 695 g/mol. The van der Waals surface area contributed by atoms with Gasteiger partial charge in [-0.05, 0) is 89.5 Å². The first-order valence-corrected chi connectivity index (χ1v) is 19.4. The van der Waals surface area contributed by atoms with Crippen molar-refractivity contribution in [1.82, 2.24) is 14.1 Å². The van der Waals surface area contributed by atoms with E-state index in [-0.39, 0.29) is 0 Å². The highest BCUT2D eigenvalue weighted by Crippen LogP contribution is 2.41. The number of aromatic nitrogens is 3. The van der Waals surface area contributed by atoms with Crippen molar-refractivity contribution < 1.29 is 4.42 Å². The second-order valence-electron chi connectivity index (χ2n) is 14.7. The summed E-state index contributed by atoms with van der Waals surface area (Å²) in [5.41, 5.74) is 15.3. The molecule has 12 rings (SSSR count). The summed E-state index contributed by atoms with van der Waals surface area (Å²) in [5.74, 6) is 0. The Balaban J connectivity index is 1.01. The summed E-state index contributed by atoms with van der Waals surface area (Å²) in [6, 6.07) is 69.4. The van der Waals surface area contributed by atoms with E-state index in [1.807, 2.05) is 12.3 Å². The number of benzene rings is 8. The van der Waals surface area contributed by atoms with Crippen LogP contribution in [0.4, 0.5) is 0 Å². The van der Waals surface area contributed by atoms with E-state index in [0.717, 1.165) is 77.9 Å². The molecule has 0 atom stereocenters. The number of rotatable bonds is 5. The van der Waals surface area contributed by atoms with Crippen LogP contribution in [0.1, 0.15) is 0 Å². The summed E-state index contributed by atoms with van der Waals surface area (Å²) >= 11 is 0. The summed E-state index contributed by atoms with van der Waals surface area (Å²) < 4.78 is 11.2. The molecule has 4 nitrogen and oxygen atoms in total. The Morgan fingerprint density at radius 2 is 0.895 bits per heavy atom. The van der Waals surface area contributed by atoms with E-state index < -0.39 is 0 Å². The highest BCUT2D eigenvalue weighted by atomic mass is 16.3. The zero-order chi connectivity index (χ0) is 37.5. The molecule has 0 N–H and O–H groups in total. The van der Waals surface area contributed by atoms with E-state index in [4.69, 9.17) is 9.40 Å². The first-order chi connectivity index (χ1) is 28.3. The average Bonchev–Trinajstić information content (AvgIpc) is 3.93. The van der Waals surface area contributed by atoms with Gasteiger partial charge in [-0.3, -0.25) is 4.98 Å². The molecule has 0 unspecified atom stereocenters. The number of furan rings is 1. The van der Waals surface area contributed by atoms with Crippen molar-refractivity contribution in [3.8, 4) is 44.9 Å². The molecule has 57 heavy (non-hydrogen) atoms. The highest BCUT2D eigenvalue weighted by Gasteiger charge is 2.20. The van der Waals surface area contributed by atoms with E-state index >= 15 is 0 Å². The first-order valence-electron chi connectivity index (χ1n) is 19.4. The molecule has 4 heterocycles. The molecule has 0 saturated carbocycles. The van der Waals surface area contributed by atoms with Gasteiger partial charge < -0.3 is 13.6 Å². The quantitative estimate of drug-likeness (QED) is 0.177. The molecule has 12 aromatic rings. The van der Waals surface area contributed by atoms with Crippen LogP contribution < -0.4 is 0 Å². The lowest BCUT2D eigenvalue weighted by Crippen LogP contribution is -1.99. The molecule has 0 amide bonds. The van der Waals surface area contributed by atoms with Crippen LogP contribution in [0, 0.1) is 0 Å². The van der Waals surface area contributed by atoms with Crippen molar-refractivity contribution >= 4 is 65.6 Å². The average molecular weight is 728 g/mol. The van der Waals surface area contributed by atoms with Crippen molar-refractivity contribution in [3.05, 3.63) is 200 Å². The molecule has 0 aliphatic heterocycles. The summed E-state index contributed by atoms with van der Waals surface area (Å²) in [6.45, 7) is 0. The Morgan fingerprint density at radius 3 is 1.65 bits per heavy atom. The Labute approximate surface area is 328 Å². The normalized spacial score (nSPS) is 11.9. The van der Waals surface area contributed by atoms with Gasteiger partial charge in [-0.2, -0.15) is 0 Å². The molecule has 0 bridgehead atoms. The maximum Gasteiger partial charge on any atom is 0.135 e. The van der Waals surface area contributed by atoms with Gasteiger partial charge in [0.25, 0.3) is 0 Å². The summed E-state index contributed by atoms with van der Waals surface area (Å²) in [5, 5.41) is 7.12. The number of nitrogens with zero attached hydrogens (tertiary/aromatic N) is 3. The third kappa shape index (κ3) is 4.84. The van der Waals surface area contributed by atoms with E-state index in [1.54, 1.807) is 0 Å². The standard InChI is InChI=1S/C53H33N3O/c1-2-13-34(14-3-1)38-19-12-30-54-53(38)42-18-7-11-23-49(42)56-48-22-10-6-17-41(48)43-31-35(24-27-50(43)56)36-25-28-51-44(32-36)45-33-37(26-29-52(45)57-51)55-46-20-8-4-15-39(46)40-16-5-9-21-47(40)55/h1-33H. The molecule has 0 saturated heterocycles. The van der Waals surface area contributed by atoms with Crippen LogP contribution in [0.15, 0.2) is 205 Å². The van der Waals surface area contributed by atoms with Crippen molar-refractivity contribution in [1.29, 1.82) is 0 Å². The van der Waals surface area contributed by atoms with Gasteiger partial charge in [-0.1, -0.05) is 121 Å². The van der Waals surface area contributed by atoms with Crippen LogP contribution in [0.25, 0.3) is 110 Å². The van der Waals surface area contributed by atoms with E-state index in [2.05, 4.69) is 197 Å². The second-order valence-corrected chi connectivity index (χ2v) is 14.7. The molecular formula is C53H33N3O. The van der Waals surface area contributed by atoms with Crippen LogP contribution >= 0.6 is 0 Å². The van der Waals surface area contributed by atoms with Gasteiger partial charge in [0, 0.05) is 55.3 Å². The lowest BCUT2D eigenvalue weighted by Gasteiger charge is -2.16. The maximum absolute atomic E-state index is 6.44. The summed E-state index contributed by atoms with van der Waals surface area (Å²) in [4.78, 5) is 4.98. The van der Waals surface area contributed by atoms with Gasteiger partial charge in [-0.15, -0.1) is 0 Å². The number of para-hydroxylation sites is 4. The minimum absolute atomic E-state index is 0.881. The fourth-order valence-electron chi connectivity index (χ4n) is 9.04. The molecule has 4 heteroatoms. The van der Waals surface area contributed by atoms with Crippen LogP contribution in [0.3, 0.4) is 0 Å². The maximum atomic E-state index is 6.44. The minimum atomic E-state index is 0.881. The van der Waals surface area contributed by atoms with Gasteiger partial charge >= 0.3 is 0 Å². The lowest BCUT2D eigenvalue weighted by atomic mass is 9.98. The highest BCUT2D eigenvalue weighted by molar-refractivity contribution is 6.13. The molecule has 4 aromatic heterocycles. The van der Waals surface area contributed by atoms with Crippen molar-refractivity contribution in [2.24, 2.45) is 0 Å². The third-order valence-corrected chi connectivity index (χ3v) is 11.6. The Kier molecular flexibility index (Phi) is 6.89. The van der Waals surface area contributed by atoms with Crippen molar-refractivity contribution in [2.75, 3.05) is 0 Å². The molecule has 0 aliphatic carbocycles. The molecule has 8 aromatic carbocycles. The number of fused-ring (bicyclic) bond motifs is 9. The minimum Gasteiger partial charge on any atom is -0.456 e. The van der Waals surface area contributed by atoms with Crippen LogP contribution in [-0.4, -0.2) is 14.1 Å². The summed E-state index contributed by atoms with van der Waals surface area (Å²) in [7, 11) is 0. The molecule has 266 valence electrons. The predicted molar refractivity (Wildman–Crippen MR) is 237 cm³/mol. The van der Waals surface area contributed by atoms with Gasteiger partial charge in [0.2, 0.25) is 0 Å². The fourth-order valence-corrected chi connectivity index (χ4v) is 9.04. The fraction of sp³-hybridized carbons (Fsp3) is 0. The van der Waals surface area contributed by atoms with E-state index in [9.17, 15) is 0 Å². The van der Waals surface area contributed by atoms with Gasteiger partial charge in [0.05, 0.1) is 33.4 Å². The second kappa shape index (κ2) is 12.4. The zero-order valence-corrected chi connectivity index (χ0v) is 30.8. The van der Waals surface area contributed by atoms with Crippen molar-refractivity contribution in [2.45, 2.75) is 0 Å².